The molecule has 0 radical (unpaired) electrons. The fourth-order valence-electron chi connectivity index (χ4n) is 1.25. The Kier molecular flexibility index (Phi) is 3.32. The molecule has 0 aromatic carbocycles. The highest BCUT2D eigenvalue weighted by molar-refractivity contribution is 5.93. The Balaban J connectivity index is 2.77. The van der Waals surface area contributed by atoms with Crippen molar-refractivity contribution >= 4 is 5.97 Å². The summed E-state index contributed by atoms with van der Waals surface area (Å²) in [4.78, 5) is 11.2. The maximum Gasteiger partial charge on any atom is 0.350 e. The average molecular weight is 180 g/mol. The number of nitrogens with one attached hydrogen (secondary N) is 1. The van der Waals surface area contributed by atoms with Crippen molar-refractivity contribution in [3.8, 4) is 6.07 Å². The van der Waals surface area contributed by atoms with Crippen LogP contribution in [0.1, 0.15) is 19.8 Å². The summed E-state index contributed by atoms with van der Waals surface area (Å²) in [5.74, 6) is -0.519. The summed E-state index contributed by atoms with van der Waals surface area (Å²) in [7, 11) is 0. The number of ether oxygens (including phenoxy) is 1. The van der Waals surface area contributed by atoms with Crippen LogP contribution in [0.25, 0.3) is 0 Å². The van der Waals surface area contributed by atoms with Gasteiger partial charge in [-0.2, -0.15) is 5.26 Å². The summed E-state index contributed by atoms with van der Waals surface area (Å²) >= 11 is 0. The van der Waals surface area contributed by atoms with Crippen LogP contribution < -0.4 is 5.32 Å². The van der Waals surface area contributed by atoms with Gasteiger partial charge < -0.3 is 10.1 Å². The lowest BCUT2D eigenvalue weighted by molar-refractivity contribution is -0.138. The smallest absolute Gasteiger partial charge is 0.350 e. The molecular formula is C9H12N2O2. The van der Waals surface area contributed by atoms with Gasteiger partial charge in [0.2, 0.25) is 0 Å². The molecule has 1 saturated heterocycles. The molecule has 1 N–H and O–H groups in total. The van der Waals surface area contributed by atoms with Crippen molar-refractivity contribution in [3.63, 3.8) is 0 Å². The topological polar surface area (TPSA) is 62.1 Å². The first-order valence-electron chi connectivity index (χ1n) is 4.33. The summed E-state index contributed by atoms with van der Waals surface area (Å²) in [5.41, 5.74) is 0.848. The van der Waals surface area contributed by atoms with Crippen molar-refractivity contribution in [2.24, 2.45) is 0 Å². The zero-order valence-electron chi connectivity index (χ0n) is 7.59. The lowest BCUT2D eigenvalue weighted by Crippen LogP contribution is -2.14. The first-order chi connectivity index (χ1) is 6.29. The predicted octanol–water partition coefficient (Wildman–Crippen LogP) is 0.711. The highest BCUT2D eigenvalue weighted by Gasteiger charge is 2.18. The minimum absolute atomic E-state index is 0.124. The molecule has 13 heavy (non-hydrogen) atoms. The number of carbonyl (C=O) groups is 1. The van der Waals surface area contributed by atoms with E-state index < -0.39 is 5.97 Å². The molecule has 0 atom stereocenters. The largest absolute Gasteiger partial charge is 0.462 e. The van der Waals surface area contributed by atoms with Crippen LogP contribution in [0.3, 0.4) is 0 Å². The van der Waals surface area contributed by atoms with Crippen LogP contribution in [0.4, 0.5) is 0 Å². The zero-order valence-corrected chi connectivity index (χ0v) is 7.59. The van der Waals surface area contributed by atoms with Gasteiger partial charge in [-0.15, -0.1) is 0 Å². The van der Waals surface area contributed by atoms with Gasteiger partial charge in [-0.1, -0.05) is 0 Å². The van der Waals surface area contributed by atoms with Crippen molar-refractivity contribution in [2.75, 3.05) is 13.2 Å². The number of hydrogen-bond acceptors (Lipinski definition) is 4. The van der Waals surface area contributed by atoms with Crippen molar-refractivity contribution < 1.29 is 9.53 Å². The molecular weight excluding hydrogens is 168 g/mol. The van der Waals surface area contributed by atoms with Gasteiger partial charge in [-0.05, 0) is 19.8 Å². The fraction of sp³-hybridized carbons (Fsp3) is 0.556. The van der Waals surface area contributed by atoms with Gasteiger partial charge in [0.15, 0.2) is 5.57 Å². The number of esters is 1. The van der Waals surface area contributed by atoms with E-state index in [0.29, 0.717) is 6.61 Å². The normalized spacial score (nSPS) is 18.8. The van der Waals surface area contributed by atoms with Gasteiger partial charge in [0, 0.05) is 12.2 Å². The third-order valence-electron chi connectivity index (χ3n) is 1.84. The van der Waals surface area contributed by atoms with Crippen molar-refractivity contribution in [1.82, 2.24) is 5.32 Å². The highest BCUT2D eigenvalue weighted by atomic mass is 16.5. The number of carbonyl (C=O) groups excluding carboxylic acids is 1. The standard InChI is InChI=1S/C9H12N2O2/c1-2-13-9(12)7(6-10)8-4-3-5-11-8/h11H,2-5H2,1H3/b8-7+. The van der Waals surface area contributed by atoms with Gasteiger partial charge in [0.25, 0.3) is 0 Å². The van der Waals surface area contributed by atoms with Gasteiger partial charge in [-0.25, -0.2) is 4.79 Å². The van der Waals surface area contributed by atoms with Crippen LogP contribution in [0, 0.1) is 11.3 Å². The molecule has 1 heterocycles. The average Bonchev–Trinajstić information content (AvgIpc) is 2.59. The Bertz CT molecular complexity index is 268. The first kappa shape index (κ1) is 9.59. The monoisotopic (exact) mass is 180 g/mol. The third-order valence-corrected chi connectivity index (χ3v) is 1.84. The van der Waals surface area contributed by atoms with Crippen LogP contribution in [0.5, 0.6) is 0 Å². The lowest BCUT2D eigenvalue weighted by Gasteiger charge is -2.03. The quantitative estimate of drug-likeness (QED) is 0.386. The lowest BCUT2D eigenvalue weighted by atomic mass is 10.2. The summed E-state index contributed by atoms with van der Waals surface area (Å²) in [6.07, 6.45) is 1.74. The summed E-state index contributed by atoms with van der Waals surface area (Å²) in [5, 5.41) is 11.7. The summed E-state index contributed by atoms with van der Waals surface area (Å²) < 4.78 is 4.75. The summed E-state index contributed by atoms with van der Waals surface area (Å²) in [6, 6.07) is 1.87. The van der Waals surface area contributed by atoms with Gasteiger partial charge in [0.05, 0.1) is 6.61 Å². The molecule has 0 aromatic heterocycles. The fourth-order valence-corrected chi connectivity index (χ4v) is 1.25. The Morgan fingerprint density at radius 2 is 2.54 bits per heavy atom. The van der Waals surface area contributed by atoms with Crippen LogP contribution in [0.15, 0.2) is 11.3 Å². The molecule has 1 fully saturated rings. The van der Waals surface area contributed by atoms with E-state index in [-0.39, 0.29) is 5.57 Å². The van der Waals surface area contributed by atoms with E-state index >= 15 is 0 Å². The molecule has 0 amide bonds. The minimum Gasteiger partial charge on any atom is -0.462 e. The van der Waals surface area contributed by atoms with E-state index in [4.69, 9.17) is 10.00 Å². The summed E-state index contributed by atoms with van der Waals surface area (Å²) in [6.45, 7) is 2.86. The van der Waals surface area contributed by atoms with Crippen LogP contribution >= 0.6 is 0 Å². The third kappa shape index (κ3) is 2.22. The van der Waals surface area contributed by atoms with E-state index in [0.717, 1.165) is 25.1 Å². The van der Waals surface area contributed by atoms with Gasteiger partial charge in [-0.3, -0.25) is 0 Å². The number of allylic oxidation sites excluding steroid dienone is 1. The Hall–Kier alpha value is -1.50. The Morgan fingerprint density at radius 1 is 1.77 bits per heavy atom. The van der Waals surface area contributed by atoms with Gasteiger partial charge >= 0.3 is 5.97 Å². The van der Waals surface area contributed by atoms with Crippen molar-refractivity contribution in [1.29, 1.82) is 5.26 Å². The van der Waals surface area contributed by atoms with Crippen molar-refractivity contribution in [2.45, 2.75) is 19.8 Å². The second-order valence-electron chi connectivity index (χ2n) is 2.72. The molecule has 0 bridgehead atoms. The molecule has 70 valence electrons. The van der Waals surface area contributed by atoms with Crippen LogP contribution in [0.2, 0.25) is 0 Å². The second-order valence-corrected chi connectivity index (χ2v) is 2.72. The maximum atomic E-state index is 11.2. The Morgan fingerprint density at radius 3 is 3.00 bits per heavy atom. The van der Waals surface area contributed by atoms with Crippen LogP contribution in [-0.4, -0.2) is 19.1 Å². The SMILES string of the molecule is CCOC(=O)/C(C#N)=C1\CCCN1. The van der Waals surface area contributed by atoms with Crippen molar-refractivity contribution in [3.05, 3.63) is 11.3 Å². The molecule has 0 aromatic rings. The Labute approximate surface area is 77.2 Å². The number of nitriles is 1. The molecule has 0 unspecified atom stereocenters. The van der Waals surface area contributed by atoms with Crippen LogP contribution in [-0.2, 0) is 9.53 Å². The zero-order chi connectivity index (χ0) is 9.68. The number of nitrogens with zero attached hydrogens (tertiary/aromatic N) is 1. The molecule has 4 nitrogen and oxygen atoms in total. The minimum atomic E-state index is -0.519. The molecule has 1 aliphatic heterocycles. The molecule has 1 aliphatic rings. The van der Waals surface area contributed by atoms with E-state index in [1.165, 1.54) is 0 Å². The maximum absolute atomic E-state index is 11.2. The van der Waals surface area contributed by atoms with Gasteiger partial charge in [0.1, 0.15) is 6.07 Å². The molecule has 0 spiro atoms. The van der Waals surface area contributed by atoms with E-state index in [9.17, 15) is 4.79 Å². The molecule has 4 heteroatoms. The number of rotatable bonds is 2. The molecule has 0 aliphatic carbocycles. The first-order valence-corrected chi connectivity index (χ1v) is 4.33. The second kappa shape index (κ2) is 4.51. The van der Waals surface area contributed by atoms with E-state index in [1.54, 1.807) is 6.92 Å². The highest BCUT2D eigenvalue weighted by Crippen LogP contribution is 2.14. The van der Waals surface area contributed by atoms with E-state index in [2.05, 4.69) is 5.32 Å². The molecule has 1 rings (SSSR count). The van der Waals surface area contributed by atoms with E-state index in [1.807, 2.05) is 6.07 Å². The predicted molar refractivity (Wildman–Crippen MR) is 46.5 cm³/mol. The molecule has 0 saturated carbocycles. The number of hydrogen-bond donors (Lipinski definition) is 1.